The molecule has 0 amide bonds. The number of nitrogens with two attached hydrogens (primary N) is 2. The molecule has 0 aromatic heterocycles. The molecule has 0 radical (unpaired) electrons. The number of methoxy groups -OCH3 is 1. The van der Waals surface area contributed by atoms with Gasteiger partial charge in [0.15, 0.2) is 0 Å². The lowest BCUT2D eigenvalue weighted by molar-refractivity contribution is -0.138. The summed E-state index contributed by atoms with van der Waals surface area (Å²) in [4.78, 5) is 0. The van der Waals surface area contributed by atoms with Crippen molar-refractivity contribution in [2.45, 2.75) is 6.18 Å². The van der Waals surface area contributed by atoms with E-state index in [9.17, 15) is 13.2 Å². The van der Waals surface area contributed by atoms with Crippen LogP contribution < -0.4 is 16.2 Å². The molecular formula is C10H10ClF3N4O. The van der Waals surface area contributed by atoms with Gasteiger partial charge in [0.05, 0.1) is 23.9 Å². The largest absolute Gasteiger partial charge is 0.495 e. The number of hydrogen-bond donors (Lipinski definition) is 2. The molecule has 0 saturated heterocycles. The maximum atomic E-state index is 12.8. The number of benzene rings is 1. The molecule has 0 saturated carbocycles. The minimum absolute atomic E-state index is 0.0862. The molecular weight excluding hydrogens is 285 g/mol. The molecule has 0 aliphatic heterocycles. The van der Waals surface area contributed by atoms with Crippen molar-refractivity contribution in [1.29, 1.82) is 0 Å². The van der Waals surface area contributed by atoms with Gasteiger partial charge in [-0.2, -0.15) is 18.3 Å². The number of guanidine groups is 1. The first-order chi connectivity index (χ1) is 8.75. The average molecular weight is 295 g/mol. The Hall–Kier alpha value is -1.96. The Morgan fingerprint density at radius 1 is 1.37 bits per heavy atom. The molecule has 0 unspecified atom stereocenters. The Morgan fingerprint density at radius 3 is 2.47 bits per heavy atom. The molecule has 5 nitrogen and oxygen atoms in total. The smallest absolute Gasteiger partial charge is 0.420 e. The Morgan fingerprint density at radius 2 is 2.00 bits per heavy atom. The van der Waals surface area contributed by atoms with Gasteiger partial charge >= 0.3 is 6.18 Å². The van der Waals surface area contributed by atoms with E-state index in [2.05, 4.69) is 14.9 Å². The van der Waals surface area contributed by atoms with Crippen molar-refractivity contribution in [2.24, 2.45) is 21.7 Å². The zero-order chi connectivity index (χ0) is 14.6. The summed E-state index contributed by atoms with van der Waals surface area (Å²) in [5.41, 5.74) is 9.12. The predicted octanol–water partition coefficient (Wildman–Crippen LogP) is 1.97. The molecule has 1 aromatic carbocycles. The van der Waals surface area contributed by atoms with E-state index in [4.69, 9.17) is 23.1 Å². The van der Waals surface area contributed by atoms with Crippen molar-refractivity contribution in [3.63, 3.8) is 0 Å². The summed E-state index contributed by atoms with van der Waals surface area (Å²) >= 11 is 5.71. The topological polar surface area (TPSA) is 86.0 Å². The van der Waals surface area contributed by atoms with Crippen LogP contribution in [-0.2, 0) is 6.18 Å². The van der Waals surface area contributed by atoms with E-state index in [-0.39, 0.29) is 16.5 Å². The molecule has 104 valence electrons. The number of hydrogen-bond acceptors (Lipinski definition) is 3. The lowest BCUT2D eigenvalue weighted by Crippen LogP contribution is -2.21. The fraction of sp³-hybridized carbons (Fsp3) is 0.200. The Balaban J connectivity index is 3.28. The maximum Gasteiger partial charge on any atom is 0.420 e. The van der Waals surface area contributed by atoms with Gasteiger partial charge in [-0.25, -0.2) is 0 Å². The van der Waals surface area contributed by atoms with Gasteiger partial charge in [0.1, 0.15) is 5.75 Å². The second-order valence-corrected chi connectivity index (χ2v) is 3.76. The van der Waals surface area contributed by atoms with Crippen molar-refractivity contribution in [3.8, 4) is 5.75 Å². The molecule has 0 bridgehead atoms. The van der Waals surface area contributed by atoms with Gasteiger partial charge in [-0.15, -0.1) is 5.10 Å². The van der Waals surface area contributed by atoms with Crippen LogP contribution in [0.1, 0.15) is 11.1 Å². The zero-order valence-corrected chi connectivity index (χ0v) is 10.5. The molecule has 0 fully saturated rings. The van der Waals surface area contributed by atoms with Crippen LogP contribution in [0.4, 0.5) is 13.2 Å². The molecule has 1 aromatic rings. The first-order valence-corrected chi connectivity index (χ1v) is 5.20. The van der Waals surface area contributed by atoms with Gasteiger partial charge in [0.2, 0.25) is 5.96 Å². The normalized spacial score (nSPS) is 11.6. The van der Waals surface area contributed by atoms with Crippen LogP contribution in [0.3, 0.4) is 0 Å². The highest BCUT2D eigenvalue weighted by Gasteiger charge is 2.35. The van der Waals surface area contributed by atoms with Gasteiger partial charge in [-0.3, -0.25) is 0 Å². The molecule has 0 aliphatic carbocycles. The fourth-order valence-corrected chi connectivity index (χ4v) is 1.57. The SMILES string of the molecule is COc1c(Cl)cc(C=NN=C(N)N)cc1C(F)(F)F. The van der Waals surface area contributed by atoms with Crippen LogP contribution in [0.5, 0.6) is 5.75 Å². The van der Waals surface area contributed by atoms with Crippen LogP contribution in [0.25, 0.3) is 0 Å². The average Bonchev–Trinajstić information content (AvgIpc) is 2.26. The third-order valence-electron chi connectivity index (χ3n) is 1.96. The van der Waals surface area contributed by atoms with Crippen molar-refractivity contribution in [3.05, 3.63) is 28.3 Å². The summed E-state index contributed by atoms with van der Waals surface area (Å²) < 4.78 is 43.0. The minimum atomic E-state index is -4.60. The van der Waals surface area contributed by atoms with Crippen LogP contribution >= 0.6 is 11.6 Å². The van der Waals surface area contributed by atoms with E-state index in [1.54, 1.807) is 0 Å². The molecule has 9 heteroatoms. The highest BCUT2D eigenvalue weighted by Crippen LogP contribution is 2.40. The summed E-state index contributed by atoms with van der Waals surface area (Å²) in [6.07, 6.45) is -3.56. The lowest BCUT2D eigenvalue weighted by atomic mass is 10.1. The third-order valence-corrected chi connectivity index (χ3v) is 2.24. The summed E-state index contributed by atoms with van der Waals surface area (Å²) in [6.45, 7) is 0. The van der Waals surface area contributed by atoms with E-state index >= 15 is 0 Å². The van der Waals surface area contributed by atoms with Gasteiger partial charge < -0.3 is 16.2 Å². The number of halogens is 4. The second kappa shape index (κ2) is 5.79. The van der Waals surface area contributed by atoms with Gasteiger partial charge in [0, 0.05) is 0 Å². The van der Waals surface area contributed by atoms with Crippen LogP contribution in [0.2, 0.25) is 5.02 Å². The Kier molecular flexibility index (Phi) is 4.60. The van der Waals surface area contributed by atoms with E-state index in [1.165, 1.54) is 6.07 Å². The quantitative estimate of drug-likeness (QED) is 0.508. The molecule has 0 atom stereocenters. The number of rotatable bonds is 3. The molecule has 0 aliphatic rings. The van der Waals surface area contributed by atoms with Crippen molar-refractivity contribution >= 4 is 23.8 Å². The summed E-state index contributed by atoms with van der Waals surface area (Å²) in [7, 11) is 1.10. The molecule has 1 rings (SSSR count). The first-order valence-electron chi connectivity index (χ1n) is 4.82. The standard InChI is InChI=1S/C10H10ClF3N4O/c1-19-8-6(10(12,13)14)2-5(3-7(8)11)4-17-18-9(15)16/h2-4H,1H3,(H4,15,16,18). The van der Waals surface area contributed by atoms with E-state index in [1.807, 2.05) is 0 Å². The monoisotopic (exact) mass is 294 g/mol. The number of alkyl halides is 3. The van der Waals surface area contributed by atoms with Crippen LogP contribution in [-0.4, -0.2) is 19.3 Å². The summed E-state index contributed by atoms with van der Waals surface area (Å²) in [6, 6.07) is 2.08. The van der Waals surface area contributed by atoms with Gasteiger partial charge in [-0.1, -0.05) is 11.6 Å². The van der Waals surface area contributed by atoms with E-state index in [0.29, 0.717) is 0 Å². The predicted molar refractivity (Wildman–Crippen MR) is 66.4 cm³/mol. The number of ether oxygens (including phenoxy) is 1. The molecule has 0 heterocycles. The molecule has 4 N–H and O–H groups in total. The lowest BCUT2D eigenvalue weighted by Gasteiger charge is -2.13. The summed E-state index contributed by atoms with van der Waals surface area (Å²) in [5.74, 6) is -0.764. The first kappa shape index (κ1) is 15.1. The van der Waals surface area contributed by atoms with Crippen molar-refractivity contribution in [2.75, 3.05) is 7.11 Å². The fourth-order valence-electron chi connectivity index (χ4n) is 1.27. The summed E-state index contributed by atoms with van der Waals surface area (Å²) in [5, 5.41) is 6.49. The minimum Gasteiger partial charge on any atom is -0.495 e. The number of nitrogens with zero attached hydrogens (tertiary/aromatic N) is 2. The van der Waals surface area contributed by atoms with Crippen LogP contribution in [0.15, 0.2) is 22.3 Å². The second-order valence-electron chi connectivity index (χ2n) is 3.35. The third kappa shape index (κ3) is 4.02. The Bertz CT molecular complexity index is 524. The Labute approximate surface area is 111 Å². The zero-order valence-electron chi connectivity index (χ0n) is 9.70. The van der Waals surface area contributed by atoms with Crippen LogP contribution in [0, 0.1) is 0 Å². The van der Waals surface area contributed by atoms with Crippen molar-refractivity contribution in [1.82, 2.24) is 0 Å². The van der Waals surface area contributed by atoms with E-state index < -0.39 is 17.5 Å². The highest BCUT2D eigenvalue weighted by atomic mass is 35.5. The maximum absolute atomic E-state index is 12.8. The molecule has 0 spiro atoms. The molecule has 19 heavy (non-hydrogen) atoms. The van der Waals surface area contributed by atoms with Gasteiger partial charge in [-0.05, 0) is 17.7 Å². The van der Waals surface area contributed by atoms with Gasteiger partial charge in [0.25, 0.3) is 0 Å². The highest BCUT2D eigenvalue weighted by molar-refractivity contribution is 6.32. The van der Waals surface area contributed by atoms with Crippen molar-refractivity contribution < 1.29 is 17.9 Å². The van der Waals surface area contributed by atoms with E-state index in [0.717, 1.165) is 19.4 Å².